The molecule has 0 aliphatic carbocycles. The molecule has 0 N–H and O–H groups in total. The number of benzene rings is 1. The fraction of sp³-hybridized carbons (Fsp3) is 0.458. The molecule has 0 spiro atoms. The number of aromatic nitrogens is 3. The van der Waals surface area contributed by atoms with Crippen LogP contribution < -0.4 is 10.2 Å². The van der Waals surface area contributed by atoms with Crippen molar-refractivity contribution in [2.75, 3.05) is 13.7 Å². The topological polar surface area (TPSA) is 84.7 Å². The number of fused-ring (bicyclic) bond motifs is 3. The van der Waals surface area contributed by atoms with Gasteiger partial charge in [-0.3, -0.25) is 0 Å². The quantitative estimate of drug-likeness (QED) is 0.406. The molecule has 0 saturated carbocycles. The van der Waals surface area contributed by atoms with E-state index in [-0.39, 0.29) is 5.97 Å². The van der Waals surface area contributed by atoms with Gasteiger partial charge in [-0.15, -0.1) is 10.2 Å². The fourth-order valence-corrected chi connectivity index (χ4v) is 5.10. The lowest BCUT2D eigenvalue weighted by atomic mass is 9.75. The van der Waals surface area contributed by atoms with Crippen LogP contribution in [-0.4, -0.2) is 52.8 Å². The first-order valence-corrected chi connectivity index (χ1v) is 12.3. The molecule has 1 saturated heterocycles. The Morgan fingerprint density at radius 1 is 1.18 bits per heavy atom. The van der Waals surface area contributed by atoms with Crippen LogP contribution in [0, 0.1) is 0 Å². The Morgan fingerprint density at radius 3 is 2.53 bits per heavy atom. The Kier molecular flexibility index (Phi) is 5.58. The van der Waals surface area contributed by atoms with Crippen LogP contribution in [0.1, 0.15) is 50.7 Å². The number of hydrogen-bond acceptors (Lipinski definition) is 8. The third kappa shape index (κ3) is 3.55. The van der Waals surface area contributed by atoms with Crippen LogP contribution in [0.4, 0.5) is 0 Å². The Hall–Kier alpha value is -2.69. The highest BCUT2D eigenvalue weighted by atomic mass is 32.1. The Labute approximate surface area is 203 Å². The maximum absolute atomic E-state index is 12.8. The molecule has 0 bridgehead atoms. The van der Waals surface area contributed by atoms with Gasteiger partial charge in [0.15, 0.2) is 0 Å². The first-order valence-electron chi connectivity index (χ1n) is 11.4. The summed E-state index contributed by atoms with van der Waals surface area (Å²) in [5, 5.41) is 9.05. The molecule has 2 aliphatic rings. The summed E-state index contributed by atoms with van der Waals surface area (Å²) in [5.41, 5.74) is 5.97. The second-order valence-corrected chi connectivity index (χ2v) is 10.3. The zero-order chi connectivity index (χ0) is 24.3. The summed E-state index contributed by atoms with van der Waals surface area (Å²) < 4.78 is 25.8. The maximum atomic E-state index is 12.8. The summed E-state index contributed by atoms with van der Waals surface area (Å²) in [7, 11) is 1.08. The minimum absolute atomic E-state index is 0.313. The van der Waals surface area contributed by atoms with Crippen LogP contribution in [-0.2, 0) is 27.0 Å². The number of carbonyl (C=O) groups excluding carboxylic acids is 1. The van der Waals surface area contributed by atoms with Gasteiger partial charge in [-0.05, 0) is 64.8 Å². The molecule has 34 heavy (non-hydrogen) atoms. The Bertz CT molecular complexity index is 1240. The van der Waals surface area contributed by atoms with Crippen LogP contribution in [0.3, 0.4) is 0 Å². The van der Waals surface area contributed by atoms with E-state index >= 15 is 0 Å². The summed E-state index contributed by atoms with van der Waals surface area (Å²) in [6.07, 6.45) is 0.749. The third-order valence-electron chi connectivity index (χ3n) is 6.99. The number of methoxy groups -OCH3 is 1. The Balaban J connectivity index is 1.70. The number of carbonyl (C=O) groups is 1. The number of esters is 1. The molecular weight excluding hydrogens is 453 g/mol. The van der Waals surface area contributed by atoms with E-state index in [1.54, 1.807) is 12.6 Å². The first kappa shape index (κ1) is 23.1. The lowest BCUT2D eigenvalue weighted by Gasteiger charge is -2.32. The van der Waals surface area contributed by atoms with Crippen molar-refractivity contribution in [2.24, 2.45) is 0 Å². The monoisotopic (exact) mass is 481 g/mol. The van der Waals surface area contributed by atoms with E-state index < -0.39 is 18.3 Å². The zero-order valence-corrected chi connectivity index (χ0v) is 21.1. The molecule has 0 atom stereocenters. The summed E-state index contributed by atoms with van der Waals surface area (Å²) in [4.78, 5) is 12.8. The van der Waals surface area contributed by atoms with Gasteiger partial charge in [-0.2, -0.15) is 0 Å². The average Bonchev–Trinajstić information content (AvgIpc) is 3.49. The lowest BCUT2D eigenvalue weighted by molar-refractivity contribution is 0.00578. The summed E-state index contributed by atoms with van der Waals surface area (Å²) in [6.45, 7) is 10.9. The van der Waals surface area contributed by atoms with Crippen molar-refractivity contribution in [1.82, 2.24) is 14.8 Å². The van der Waals surface area contributed by atoms with Gasteiger partial charge in [-0.1, -0.05) is 11.3 Å². The van der Waals surface area contributed by atoms with E-state index in [0.29, 0.717) is 18.8 Å². The predicted molar refractivity (Wildman–Crippen MR) is 131 cm³/mol. The Morgan fingerprint density at radius 2 is 1.91 bits per heavy atom. The molecule has 0 radical (unpaired) electrons. The molecule has 3 aromatic rings. The minimum Gasteiger partial charge on any atom is -0.497 e. The highest BCUT2D eigenvalue weighted by Crippen LogP contribution is 2.43. The smallest absolute Gasteiger partial charge is 0.497 e. The summed E-state index contributed by atoms with van der Waals surface area (Å²) >= 11 is 1.44. The maximum Gasteiger partial charge on any atom is 0.498 e. The molecule has 178 valence electrons. The highest BCUT2D eigenvalue weighted by Gasteiger charge is 2.52. The molecule has 0 unspecified atom stereocenters. The predicted octanol–water partition coefficient (Wildman–Crippen LogP) is 3.71. The van der Waals surface area contributed by atoms with E-state index in [1.165, 1.54) is 11.3 Å². The van der Waals surface area contributed by atoms with Crippen molar-refractivity contribution in [3.05, 3.63) is 35.0 Å². The number of aryl methyl sites for hydroxylation is 1. The van der Waals surface area contributed by atoms with Gasteiger partial charge >= 0.3 is 13.1 Å². The van der Waals surface area contributed by atoms with Gasteiger partial charge in [0.2, 0.25) is 0 Å². The van der Waals surface area contributed by atoms with E-state index in [4.69, 9.17) is 18.8 Å². The van der Waals surface area contributed by atoms with Crippen LogP contribution in [0.5, 0.6) is 5.75 Å². The van der Waals surface area contributed by atoms with Crippen molar-refractivity contribution >= 4 is 29.9 Å². The molecule has 2 aliphatic heterocycles. The minimum atomic E-state index is -0.579. The van der Waals surface area contributed by atoms with Crippen molar-refractivity contribution in [2.45, 2.75) is 58.8 Å². The van der Waals surface area contributed by atoms with Gasteiger partial charge in [0.1, 0.15) is 22.0 Å². The zero-order valence-electron chi connectivity index (χ0n) is 20.3. The fourth-order valence-electron chi connectivity index (χ4n) is 4.53. The van der Waals surface area contributed by atoms with Crippen LogP contribution >= 0.6 is 11.3 Å². The molecule has 1 aromatic carbocycles. The van der Waals surface area contributed by atoms with Gasteiger partial charge in [0.25, 0.3) is 0 Å². The number of ether oxygens (including phenoxy) is 2. The summed E-state index contributed by atoms with van der Waals surface area (Å²) in [6, 6.07) is 5.99. The third-order valence-corrected chi connectivity index (χ3v) is 7.72. The van der Waals surface area contributed by atoms with Crippen molar-refractivity contribution in [3.8, 4) is 27.6 Å². The standard InChI is InChI=1S/C24H28BN3O5S/c1-7-31-22(29)18-12-16(21-27-26-13-34-21)20-15-11-17(25-32-23(2,3)24(4,5)33-25)19(30-6)10-14(15)8-9-28(18)20/h10-13H,7-9H2,1-6H3. The van der Waals surface area contributed by atoms with Crippen LogP contribution in [0.2, 0.25) is 0 Å². The number of nitrogens with zero attached hydrogens (tertiary/aromatic N) is 3. The number of rotatable bonds is 5. The van der Waals surface area contributed by atoms with Gasteiger partial charge in [0, 0.05) is 23.1 Å². The first-order chi connectivity index (χ1) is 16.2. The molecule has 4 heterocycles. The van der Waals surface area contributed by atoms with Gasteiger partial charge < -0.3 is 23.3 Å². The van der Waals surface area contributed by atoms with E-state index in [2.05, 4.69) is 22.3 Å². The van der Waals surface area contributed by atoms with E-state index in [9.17, 15) is 4.79 Å². The second-order valence-electron chi connectivity index (χ2n) is 9.50. The molecule has 2 aromatic heterocycles. The molecule has 0 amide bonds. The van der Waals surface area contributed by atoms with Gasteiger partial charge in [-0.25, -0.2) is 4.79 Å². The van der Waals surface area contributed by atoms with E-state index in [0.717, 1.165) is 45.0 Å². The van der Waals surface area contributed by atoms with E-state index in [1.807, 2.05) is 45.3 Å². The molecular formula is C24H28BN3O5S. The molecule has 1 fully saturated rings. The second kappa shape index (κ2) is 8.21. The van der Waals surface area contributed by atoms with Crippen LogP contribution in [0.15, 0.2) is 23.7 Å². The summed E-state index contributed by atoms with van der Waals surface area (Å²) in [5.74, 6) is 0.378. The normalized spacial score (nSPS) is 17.9. The number of hydrogen-bond donors (Lipinski definition) is 0. The highest BCUT2D eigenvalue weighted by molar-refractivity contribution is 7.12. The lowest BCUT2D eigenvalue weighted by Crippen LogP contribution is -2.41. The largest absolute Gasteiger partial charge is 0.498 e. The SMILES string of the molecule is CCOC(=O)c1cc(-c2nncs2)c2n1CCc1cc(OC)c(B3OC(C)(C)C(C)(C)O3)cc1-2. The van der Waals surface area contributed by atoms with Crippen molar-refractivity contribution < 1.29 is 23.6 Å². The molecule has 10 heteroatoms. The molecule has 8 nitrogen and oxygen atoms in total. The average molecular weight is 481 g/mol. The van der Waals surface area contributed by atoms with Gasteiger partial charge in [0.05, 0.1) is 30.6 Å². The molecule has 5 rings (SSSR count). The van der Waals surface area contributed by atoms with Crippen molar-refractivity contribution in [3.63, 3.8) is 0 Å². The van der Waals surface area contributed by atoms with Crippen molar-refractivity contribution in [1.29, 1.82) is 0 Å². The van der Waals surface area contributed by atoms with Crippen LogP contribution in [0.25, 0.3) is 21.8 Å².